The van der Waals surface area contributed by atoms with E-state index in [9.17, 15) is 4.79 Å². The molecule has 0 radical (unpaired) electrons. The number of rotatable bonds is 3. The first-order valence-corrected chi connectivity index (χ1v) is 6.45. The quantitative estimate of drug-likeness (QED) is 0.796. The molecule has 0 aliphatic carbocycles. The van der Waals surface area contributed by atoms with Crippen LogP contribution in [0.1, 0.15) is 17.3 Å². The Hall–Kier alpha value is -1.58. The SMILES string of the molecule is CCOC(=O)c1ccc(Cl)c(-c2cnccc2Cl)c1. The molecule has 0 amide bonds. The number of carbonyl (C=O) groups excluding carboxylic acids is 1. The van der Waals surface area contributed by atoms with Gasteiger partial charge in [-0.15, -0.1) is 0 Å². The molecule has 5 heteroatoms. The van der Waals surface area contributed by atoms with E-state index < -0.39 is 0 Å². The summed E-state index contributed by atoms with van der Waals surface area (Å²) in [6, 6.07) is 6.59. The average molecular weight is 296 g/mol. The Morgan fingerprint density at radius 1 is 1.21 bits per heavy atom. The lowest BCUT2D eigenvalue weighted by Crippen LogP contribution is -2.04. The summed E-state index contributed by atoms with van der Waals surface area (Å²) >= 11 is 12.3. The number of hydrogen-bond donors (Lipinski definition) is 0. The monoisotopic (exact) mass is 295 g/mol. The average Bonchev–Trinajstić information content (AvgIpc) is 2.40. The Labute approximate surface area is 121 Å². The highest BCUT2D eigenvalue weighted by molar-refractivity contribution is 6.36. The molecule has 1 aromatic carbocycles. The zero-order valence-electron chi connectivity index (χ0n) is 10.2. The smallest absolute Gasteiger partial charge is 0.338 e. The summed E-state index contributed by atoms with van der Waals surface area (Å²) in [5, 5.41) is 1.03. The van der Waals surface area contributed by atoms with E-state index in [2.05, 4.69) is 4.98 Å². The maximum Gasteiger partial charge on any atom is 0.338 e. The van der Waals surface area contributed by atoms with Gasteiger partial charge in [0.2, 0.25) is 0 Å². The molecule has 3 nitrogen and oxygen atoms in total. The van der Waals surface area contributed by atoms with Crippen molar-refractivity contribution in [2.45, 2.75) is 6.92 Å². The van der Waals surface area contributed by atoms with Crippen LogP contribution in [0.3, 0.4) is 0 Å². The van der Waals surface area contributed by atoms with Crippen molar-refractivity contribution in [3.63, 3.8) is 0 Å². The molecular weight excluding hydrogens is 285 g/mol. The van der Waals surface area contributed by atoms with E-state index in [-0.39, 0.29) is 5.97 Å². The normalized spacial score (nSPS) is 10.3. The van der Waals surface area contributed by atoms with Crippen LogP contribution in [0.2, 0.25) is 10.0 Å². The van der Waals surface area contributed by atoms with Gasteiger partial charge in [-0.3, -0.25) is 4.98 Å². The second-order valence-electron chi connectivity index (χ2n) is 3.77. The van der Waals surface area contributed by atoms with E-state index in [0.717, 1.165) is 0 Å². The summed E-state index contributed by atoms with van der Waals surface area (Å²) < 4.78 is 4.96. The third kappa shape index (κ3) is 3.06. The molecule has 0 saturated carbocycles. The molecule has 1 aromatic heterocycles. The number of carbonyl (C=O) groups is 1. The molecule has 0 atom stereocenters. The zero-order valence-corrected chi connectivity index (χ0v) is 11.7. The van der Waals surface area contributed by atoms with Gasteiger partial charge in [-0.05, 0) is 31.2 Å². The summed E-state index contributed by atoms with van der Waals surface area (Å²) in [5.41, 5.74) is 1.77. The molecule has 2 rings (SSSR count). The maximum absolute atomic E-state index is 11.7. The standard InChI is InChI=1S/C14H11Cl2NO2/c1-2-19-14(18)9-3-4-12(15)10(7-9)11-8-17-6-5-13(11)16/h3-8H,2H2,1H3. The van der Waals surface area contributed by atoms with E-state index in [1.807, 2.05) is 0 Å². The minimum Gasteiger partial charge on any atom is -0.462 e. The summed E-state index contributed by atoms with van der Waals surface area (Å²) in [4.78, 5) is 15.7. The summed E-state index contributed by atoms with van der Waals surface area (Å²) in [6.45, 7) is 2.08. The molecule has 0 fully saturated rings. The van der Waals surface area contributed by atoms with Crippen LogP contribution in [-0.2, 0) is 4.74 Å². The Balaban J connectivity index is 2.49. The summed E-state index contributed by atoms with van der Waals surface area (Å²) in [7, 11) is 0. The fourth-order valence-corrected chi connectivity index (χ4v) is 2.08. The van der Waals surface area contributed by atoms with Gasteiger partial charge in [-0.1, -0.05) is 23.2 Å². The molecule has 1 heterocycles. The lowest BCUT2D eigenvalue weighted by Gasteiger charge is -2.08. The number of aromatic nitrogens is 1. The van der Waals surface area contributed by atoms with Crippen LogP contribution in [0.5, 0.6) is 0 Å². The van der Waals surface area contributed by atoms with Gasteiger partial charge in [-0.2, -0.15) is 0 Å². The van der Waals surface area contributed by atoms with Gasteiger partial charge in [0.25, 0.3) is 0 Å². The highest BCUT2D eigenvalue weighted by atomic mass is 35.5. The number of hydrogen-bond acceptors (Lipinski definition) is 3. The van der Waals surface area contributed by atoms with Crippen molar-refractivity contribution in [2.24, 2.45) is 0 Å². The van der Waals surface area contributed by atoms with Gasteiger partial charge < -0.3 is 4.74 Å². The van der Waals surface area contributed by atoms with Gasteiger partial charge in [0, 0.05) is 28.5 Å². The highest BCUT2D eigenvalue weighted by Gasteiger charge is 2.13. The third-order valence-electron chi connectivity index (χ3n) is 2.54. The van der Waals surface area contributed by atoms with Crippen LogP contribution < -0.4 is 0 Å². The van der Waals surface area contributed by atoms with Crippen LogP contribution >= 0.6 is 23.2 Å². The molecule has 19 heavy (non-hydrogen) atoms. The van der Waals surface area contributed by atoms with Gasteiger partial charge >= 0.3 is 5.97 Å². The van der Waals surface area contributed by atoms with Crippen LogP contribution in [0.15, 0.2) is 36.7 Å². The van der Waals surface area contributed by atoms with E-state index in [1.54, 1.807) is 43.6 Å². The van der Waals surface area contributed by atoms with Crippen molar-refractivity contribution in [3.8, 4) is 11.1 Å². The van der Waals surface area contributed by atoms with E-state index in [1.165, 1.54) is 0 Å². The largest absolute Gasteiger partial charge is 0.462 e. The lowest BCUT2D eigenvalue weighted by atomic mass is 10.0. The predicted octanol–water partition coefficient (Wildman–Crippen LogP) is 4.23. The second-order valence-corrected chi connectivity index (χ2v) is 4.59. The van der Waals surface area contributed by atoms with Crippen LogP contribution in [-0.4, -0.2) is 17.6 Å². The summed E-state index contributed by atoms with van der Waals surface area (Å²) in [5.74, 6) is -0.388. The number of nitrogens with zero attached hydrogens (tertiary/aromatic N) is 1. The maximum atomic E-state index is 11.7. The zero-order chi connectivity index (χ0) is 13.8. The molecule has 0 spiro atoms. The highest BCUT2D eigenvalue weighted by Crippen LogP contribution is 2.33. The first-order valence-electron chi connectivity index (χ1n) is 5.70. The van der Waals surface area contributed by atoms with E-state index in [4.69, 9.17) is 27.9 Å². The molecule has 98 valence electrons. The molecule has 0 N–H and O–H groups in total. The van der Waals surface area contributed by atoms with Gasteiger partial charge in [0.15, 0.2) is 0 Å². The summed E-state index contributed by atoms with van der Waals surface area (Å²) in [6.07, 6.45) is 3.20. The van der Waals surface area contributed by atoms with Gasteiger partial charge in [-0.25, -0.2) is 4.79 Å². The predicted molar refractivity (Wildman–Crippen MR) is 75.6 cm³/mol. The Morgan fingerprint density at radius 3 is 2.63 bits per heavy atom. The Kier molecular flexibility index (Phi) is 4.40. The first kappa shape index (κ1) is 13.8. The lowest BCUT2D eigenvalue weighted by molar-refractivity contribution is 0.0526. The first-order chi connectivity index (χ1) is 9.13. The topological polar surface area (TPSA) is 39.2 Å². The molecule has 2 aromatic rings. The minimum atomic E-state index is -0.388. The van der Waals surface area contributed by atoms with Crippen molar-refractivity contribution in [2.75, 3.05) is 6.61 Å². The van der Waals surface area contributed by atoms with E-state index in [0.29, 0.717) is 33.3 Å². The van der Waals surface area contributed by atoms with E-state index >= 15 is 0 Å². The van der Waals surface area contributed by atoms with Crippen molar-refractivity contribution in [1.82, 2.24) is 4.98 Å². The Bertz CT molecular complexity index is 614. The number of pyridine rings is 1. The fraction of sp³-hybridized carbons (Fsp3) is 0.143. The number of halogens is 2. The number of benzene rings is 1. The fourth-order valence-electron chi connectivity index (χ4n) is 1.65. The third-order valence-corrected chi connectivity index (χ3v) is 3.19. The molecule has 0 aliphatic heterocycles. The van der Waals surface area contributed by atoms with Crippen molar-refractivity contribution >= 4 is 29.2 Å². The number of esters is 1. The minimum absolute atomic E-state index is 0.324. The van der Waals surface area contributed by atoms with Crippen LogP contribution in [0.25, 0.3) is 11.1 Å². The Morgan fingerprint density at radius 2 is 1.95 bits per heavy atom. The van der Waals surface area contributed by atoms with Crippen molar-refractivity contribution < 1.29 is 9.53 Å². The van der Waals surface area contributed by atoms with Crippen LogP contribution in [0, 0.1) is 0 Å². The van der Waals surface area contributed by atoms with Crippen molar-refractivity contribution in [1.29, 1.82) is 0 Å². The molecule has 0 aliphatic rings. The molecule has 0 bridgehead atoms. The van der Waals surface area contributed by atoms with Crippen molar-refractivity contribution in [3.05, 3.63) is 52.3 Å². The molecule has 0 unspecified atom stereocenters. The number of ether oxygens (including phenoxy) is 1. The molecular formula is C14H11Cl2NO2. The van der Waals surface area contributed by atoms with Gasteiger partial charge in [0.05, 0.1) is 17.2 Å². The van der Waals surface area contributed by atoms with Crippen LogP contribution in [0.4, 0.5) is 0 Å². The molecule has 0 saturated heterocycles. The second kappa shape index (κ2) is 6.04. The van der Waals surface area contributed by atoms with Gasteiger partial charge in [0.1, 0.15) is 0 Å².